The van der Waals surface area contributed by atoms with Gasteiger partial charge in [-0.25, -0.2) is 4.98 Å². The molecule has 2 N–H and O–H groups in total. The molecular formula is C13H18N4. The minimum Gasteiger partial charge on any atom is -0.329 e. The van der Waals surface area contributed by atoms with Crippen LogP contribution in [0.25, 0.3) is 0 Å². The van der Waals surface area contributed by atoms with Gasteiger partial charge < -0.3 is 10.3 Å². The van der Waals surface area contributed by atoms with Crippen molar-refractivity contribution in [2.45, 2.75) is 32.9 Å². The number of nitrogens with zero attached hydrogens (tertiary/aromatic N) is 3. The van der Waals surface area contributed by atoms with Crippen molar-refractivity contribution in [2.24, 2.45) is 5.73 Å². The van der Waals surface area contributed by atoms with Crippen LogP contribution in [0.2, 0.25) is 0 Å². The summed E-state index contributed by atoms with van der Waals surface area (Å²) in [4.78, 5) is 8.86. The highest BCUT2D eigenvalue weighted by Gasteiger charge is 2.09. The second kappa shape index (κ2) is 5.10. The summed E-state index contributed by atoms with van der Waals surface area (Å²) in [6.45, 7) is 4.80. The van der Waals surface area contributed by atoms with Gasteiger partial charge in [-0.15, -0.1) is 0 Å². The fourth-order valence-electron chi connectivity index (χ4n) is 1.78. The maximum absolute atomic E-state index is 5.85. The zero-order chi connectivity index (χ0) is 12.3. The first kappa shape index (κ1) is 11.8. The molecule has 2 aromatic heterocycles. The minimum atomic E-state index is -0.0229. The van der Waals surface area contributed by atoms with Crippen molar-refractivity contribution in [3.05, 3.63) is 47.8 Å². The third kappa shape index (κ3) is 2.71. The van der Waals surface area contributed by atoms with Gasteiger partial charge in [-0.2, -0.15) is 0 Å². The number of aryl methyl sites for hydroxylation is 1. The Morgan fingerprint density at radius 2 is 2.24 bits per heavy atom. The van der Waals surface area contributed by atoms with Gasteiger partial charge in [0.05, 0.1) is 17.9 Å². The molecule has 0 spiro atoms. The topological polar surface area (TPSA) is 56.7 Å². The van der Waals surface area contributed by atoms with Crippen LogP contribution in [0.4, 0.5) is 0 Å². The largest absolute Gasteiger partial charge is 0.329 e. The van der Waals surface area contributed by atoms with E-state index in [4.69, 9.17) is 5.73 Å². The first-order valence-corrected chi connectivity index (χ1v) is 5.92. The van der Waals surface area contributed by atoms with Crippen LogP contribution in [0.1, 0.15) is 37.1 Å². The van der Waals surface area contributed by atoms with Crippen LogP contribution < -0.4 is 5.73 Å². The van der Waals surface area contributed by atoms with Crippen molar-refractivity contribution in [3.8, 4) is 0 Å². The number of pyridine rings is 1. The summed E-state index contributed by atoms with van der Waals surface area (Å²) in [5, 5.41) is 0. The van der Waals surface area contributed by atoms with Crippen molar-refractivity contribution in [1.82, 2.24) is 14.5 Å². The molecule has 2 heterocycles. The lowest BCUT2D eigenvalue weighted by molar-refractivity contribution is 0.716. The van der Waals surface area contributed by atoms with E-state index in [9.17, 15) is 0 Å². The summed E-state index contributed by atoms with van der Waals surface area (Å²) in [7, 11) is 0. The highest BCUT2D eigenvalue weighted by molar-refractivity contribution is 5.11. The molecule has 90 valence electrons. The smallest absolute Gasteiger partial charge is 0.109 e. The highest BCUT2D eigenvalue weighted by Crippen LogP contribution is 2.12. The van der Waals surface area contributed by atoms with E-state index < -0.39 is 0 Å². The lowest BCUT2D eigenvalue weighted by atomic mass is 10.3. The van der Waals surface area contributed by atoms with Crippen LogP contribution in [0.3, 0.4) is 0 Å². The van der Waals surface area contributed by atoms with Gasteiger partial charge in [0, 0.05) is 24.9 Å². The Morgan fingerprint density at radius 1 is 1.41 bits per heavy atom. The van der Waals surface area contributed by atoms with Crippen LogP contribution in [0.5, 0.6) is 0 Å². The number of hydrogen-bond acceptors (Lipinski definition) is 3. The summed E-state index contributed by atoms with van der Waals surface area (Å²) in [6, 6.07) is 5.92. The predicted molar refractivity (Wildman–Crippen MR) is 67.5 cm³/mol. The molecule has 0 amide bonds. The molecular weight excluding hydrogens is 212 g/mol. The van der Waals surface area contributed by atoms with Gasteiger partial charge in [0.1, 0.15) is 5.82 Å². The molecule has 0 aliphatic heterocycles. The molecule has 0 aromatic carbocycles. The van der Waals surface area contributed by atoms with E-state index in [1.54, 1.807) is 0 Å². The minimum absolute atomic E-state index is 0.0229. The number of nitrogens with two attached hydrogens (primary N) is 1. The van der Waals surface area contributed by atoms with Crippen LogP contribution in [0.15, 0.2) is 30.6 Å². The Balaban J connectivity index is 2.26. The van der Waals surface area contributed by atoms with Crippen molar-refractivity contribution in [1.29, 1.82) is 0 Å². The van der Waals surface area contributed by atoms with Gasteiger partial charge in [-0.05, 0) is 19.1 Å². The van der Waals surface area contributed by atoms with Gasteiger partial charge >= 0.3 is 0 Å². The molecule has 4 heteroatoms. The van der Waals surface area contributed by atoms with Gasteiger partial charge in [-0.1, -0.05) is 13.0 Å². The van der Waals surface area contributed by atoms with E-state index in [0.29, 0.717) is 0 Å². The monoisotopic (exact) mass is 230 g/mol. The second-order valence-corrected chi connectivity index (χ2v) is 4.17. The summed E-state index contributed by atoms with van der Waals surface area (Å²) in [6.07, 6.45) is 4.74. The molecule has 0 unspecified atom stereocenters. The number of imidazole rings is 1. The summed E-state index contributed by atoms with van der Waals surface area (Å²) in [5.41, 5.74) is 7.83. The normalized spacial score (nSPS) is 12.6. The molecule has 4 nitrogen and oxygen atoms in total. The average Bonchev–Trinajstić information content (AvgIpc) is 2.74. The molecule has 0 radical (unpaired) electrons. The van der Waals surface area contributed by atoms with Crippen LogP contribution in [0, 0.1) is 0 Å². The molecule has 0 fully saturated rings. The highest BCUT2D eigenvalue weighted by atomic mass is 15.1. The maximum Gasteiger partial charge on any atom is 0.109 e. The first-order valence-electron chi connectivity index (χ1n) is 5.92. The van der Waals surface area contributed by atoms with E-state index in [1.165, 1.54) is 0 Å². The molecule has 1 atom stereocenters. The third-order valence-corrected chi connectivity index (χ3v) is 2.72. The van der Waals surface area contributed by atoms with Crippen molar-refractivity contribution >= 4 is 0 Å². The number of aromatic nitrogens is 3. The summed E-state index contributed by atoms with van der Waals surface area (Å²) in [5.74, 6) is 1.06. The third-order valence-electron chi connectivity index (χ3n) is 2.72. The second-order valence-electron chi connectivity index (χ2n) is 4.17. The molecule has 0 saturated carbocycles. The standard InChI is InChI=1S/C13H18N4/c1-3-13-16-12(10(2)14)9-17(13)8-11-6-4-5-7-15-11/h4-7,9-10H,3,8,14H2,1-2H3/t10-/m0/s1. The number of hydrogen-bond donors (Lipinski definition) is 1. The fourth-order valence-corrected chi connectivity index (χ4v) is 1.78. The van der Waals surface area contributed by atoms with Gasteiger partial charge in [-0.3, -0.25) is 4.98 Å². The zero-order valence-corrected chi connectivity index (χ0v) is 10.3. The molecule has 0 aliphatic carbocycles. The number of rotatable bonds is 4. The Morgan fingerprint density at radius 3 is 2.82 bits per heavy atom. The summed E-state index contributed by atoms with van der Waals surface area (Å²) >= 11 is 0. The van der Waals surface area contributed by atoms with Crippen LogP contribution >= 0.6 is 0 Å². The predicted octanol–water partition coefficient (Wildman–Crippen LogP) is 1.91. The van der Waals surface area contributed by atoms with E-state index in [0.717, 1.165) is 30.2 Å². The maximum atomic E-state index is 5.85. The van der Waals surface area contributed by atoms with Gasteiger partial charge in [0.2, 0.25) is 0 Å². The quantitative estimate of drug-likeness (QED) is 0.872. The van der Waals surface area contributed by atoms with E-state index in [1.807, 2.05) is 37.5 Å². The van der Waals surface area contributed by atoms with E-state index in [2.05, 4.69) is 21.5 Å². The SMILES string of the molecule is CCc1nc([C@H](C)N)cn1Cc1ccccn1. The Labute approximate surface area is 102 Å². The van der Waals surface area contributed by atoms with Crippen molar-refractivity contribution in [2.75, 3.05) is 0 Å². The Hall–Kier alpha value is -1.68. The van der Waals surface area contributed by atoms with E-state index >= 15 is 0 Å². The van der Waals surface area contributed by atoms with Crippen LogP contribution in [-0.2, 0) is 13.0 Å². The average molecular weight is 230 g/mol. The lowest BCUT2D eigenvalue weighted by Crippen LogP contribution is -2.05. The Bertz CT molecular complexity index is 473. The van der Waals surface area contributed by atoms with Crippen molar-refractivity contribution in [3.63, 3.8) is 0 Å². The lowest BCUT2D eigenvalue weighted by Gasteiger charge is -2.05. The first-order chi connectivity index (χ1) is 8.20. The van der Waals surface area contributed by atoms with E-state index in [-0.39, 0.29) is 6.04 Å². The Kier molecular flexibility index (Phi) is 3.54. The molecule has 17 heavy (non-hydrogen) atoms. The van der Waals surface area contributed by atoms with Gasteiger partial charge in [0.25, 0.3) is 0 Å². The molecule has 2 aromatic rings. The zero-order valence-electron chi connectivity index (χ0n) is 10.3. The molecule has 2 rings (SSSR count). The molecule has 0 saturated heterocycles. The van der Waals surface area contributed by atoms with Gasteiger partial charge in [0.15, 0.2) is 0 Å². The molecule has 0 bridgehead atoms. The fraction of sp³-hybridized carbons (Fsp3) is 0.385. The van der Waals surface area contributed by atoms with Crippen LogP contribution in [-0.4, -0.2) is 14.5 Å². The summed E-state index contributed by atoms with van der Waals surface area (Å²) < 4.78 is 2.13. The molecule has 0 aliphatic rings. The van der Waals surface area contributed by atoms with Crippen molar-refractivity contribution < 1.29 is 0 Å².